The van der Waals surface area contributed by atoms with Crippen LogP contribution in [0.5, 0.6) is 0 Å². The molecular weight excluding hydrogens is 332 g/mol. The Labute approximate surface area is 155 Å². The van der Waals surface area contributed by atoms with Crippen molar-refractivity contribution in [3.05, 3.63) is 35.9 Å². The van der Waals surface area contributed by atoms with Crippen molar-refractivity contribution < 1.29 is 19.4 Å². The lowest BCUT2D eigenvalue weighted by Crippen LogP contribution is -2.54. The smallest absolute Gasteiger partial charge is 0.408 e. The quantitative estimate of drug-likeness (QED) is 0.745. The van der Waals surface area contributed by atoms with E-state index in [0.717, 1.165) is 31.2 Å². The molecule has 26 heavy (non-hydrogen) atoms. The van der Waals surface area contributed by atoms with E-state index < -0.39 is 12.1 Å². The molecule has 6 nitrogen and oxygen atoms in total. The summed E-state index contributed by atoms with van der Waals surface area (Å²) in [6.07, 6.45) is 3.50. The molecule has 0 heterocycles. The molecule has 0 aliphatic heterocycles. The summed E-state index contributed by atoms with van der Waals surface area (Å²) in [5.41, 5.74) is 0.892. The summed E-state index contributed by atoms with van der Waals surface area (Å²) in [5, 5.41) is 12.1. The summed E-state index contributed by atoms with van der Waals surface area (Å²) in [4.78, 5) is 26.9. The first kappa shape index (κ1) is 20.2. The Morgan fingerprint density at radius 2 is 1.88 bits per heavy atom. The fourth-order valence-corrected chi connectivity index (χ4v) is 3.38. The molecule has 6 heteroatoms. The summed E-state index contributed by atoms with van der Waals surface area (Å²) < 4.78 is 5.25. The highest BCUT2D eigenvalue weighted by atomic mass is 16.5. The van der Waals surface area contributed by atoms with E-state index in [4.69, 9.17) is 4.74 Å². The molecule has 2 N–H and O–H groups in total. The summed E-state index contributed by atoms with van der Waals surface area (Å²) in [6, 6.07) is 8.90. The Bertz CT molecular complexity index is 570. The lowest BCUT2D eigenvalue weighted by molar-refractivity contribution is -0.137. The van der Waals surface area contributed by atoms with Gasteiger partial charge in [-0.05, 0) is 24.3 Å². The highest BCUT2D eigenvalue weighted by Gasteiger charge is 2.33. The predicted molar refractivity (Wildman–Crippen MR) is 99.4 cm³/mol. The average molecular weight is 362 g/mol. The van der Waals surface area contributed by atoms with Gasteiger partial charge in [-0.15, -0.1) is 0 Å². The third-order valence-corrected chi connectivity index (χ3v) is 4.81. The minimum absolute atomic E-state index is 0.0747. The van der Waals surface area contributed by atoms with Crippen molar-refractivity contribution in [1.82, 2.24) is 10.2 Å². The Hall–Kier alpha value is -2.08. The van der Waals surface area contributed by atoms with Crippen LogP contribution in [0, 0.1) is 5.92 Å². The molecular formula is C20H30N2O4. The van der Waals surface area contributed by atoms with Crippen molar-refractivity contribution >= 4 is 12.0 Å². The normalized spacial score (nSPS) is 15.7. The van der Waals surface area contributed by atoms with Gasteiger partial charge in [0.05, 0.1) is 6.61 Å². The standard InChI is InChI=1S/C20H30N2O4/c1-15(2)18(19(24)22(12-13-23)17-10-6-7-11-17)21-20(25)26-14-16-8-4-3-5-9-16/h3-5,8-9,15,17-18,23H,6-7,10-14H2,1-2H3,(H,21,25)/t18-/m0/s1. The first-order valence-corrected chi connectivity index (χ1v) is 9.41. The van der Waals surface area contributed by atoms with E-state index in [1.165, 1.54) is 0 Å². The number of carbonyl (C=O) groups is 2. The highest BCUT2D eigenvalue weighted by Crippen LogP contribution is 2.24. The molecule has 0 aromatic heterocycles. The van der Waals surface area contributed by atoms with Crippen LogP contribution in [0.3, 0.4) is 0 Å². The maximum atomic E-state index is 13.0. The number of ether oxygens (including phenoxy) is 1. The van der Waals surface area contributed by atoms with E-state index in [1.807, 2.05) is 44.2 Å². The molecule has 144 valence electrons. The zero-order valence-electron chi connectivity index (χ0n) is 15.7. The monoisotopic (exact) mass is 362 g/mol. The SMILES string of the molecule is CC(C)[C@H](NC(=O)OCc1ccccc1)C(=O)N(CCO)C1CCCC1. The van der Waals surface area contributed by atoms with Crippen LogP contribution in [-0.2, 0) is 16.1 Å². The van der Waals surface area contributed by atoms with Gasteiger partial charge in [0.15, 0.2) is 0 Å². The molecule has 0 bridgehead atoms. The first-order chi connectivity index (χ1) is 12.5. The van der Waals surface area contributed by atoms with E-state index in [-0.39, 0.29) is 31.1 Å². The number of benzene rings is 1. The van der Waals surface area contributed by atoms with Gasteiger partial charge < -0.3 is 20.1 Å². The van der Waals surface area contributed by atoms with Crippen LogP contribution >= 0.6 is 0 Å². The highest BCUT2D eigenvalue weighted by molar-refractivity contribution is 5.86. The molecule has 1 aliphatic rings. The van der Waals surface area contributed by atoms with Crippen LogP contribution in [0.2, 0.25) is 0 Å². The van der Waals surface area contributed by atoms with Crippen LogP contribution in [-0.4, -0.2) is 47.2 Å². The topological polar surface area (TPSA) is 78.9 Å². The third kappa shape index (κ3) is 5.73. The van der Waals surface area contributed by atoms with Gasteiger partial charge in [0.25, 0.3) is 0 Å². The van der Waals surface area contributed by atoms with Crippen LogP contribution in [0.25, 0.3) is 0 Å². The second-order valence-electron chi connectivity index (χ2n) is 7.12. The second kappa shape index (κ2) is 10.2. The molecule has 1 atom stereocenters. The fourth-order valence-electron chi connectivity index (χ4n) is 3.38. The Balaban J connectivity index is 1.97. The minimum Gasteiger partial charge on any atom is -0.445 e. The molecule has 1 saturated carbocycles. The lowest BCUT2D eigenvalue weighted by Gasteiger charge is -2.33. The van der Waals surface area contributed by atoms with Gasteiger partial charge in [-0.3, -0.25) is 4.79 Å². The van der Waals surface area contributed by atoms with Crippen LogP contribution in [0.15, 0.2) is 30.3 Å². The largest absolute Gasteiger partial charge is 0.445 e. The molecule has 1 aliphatic carbocycles. The number of aliphatic hydroxyl groups excluding tert-OH is 1. The van der Waals surface area contributed by atoms with Gasteiger partial charge in [0.2, 0.25) is 5.91 Å². The van der Waals surface area contributed by atoms with Crippen LogP contribution < -0.4 is 5.32 Å². The Morgan fingerprint density at radius 1 is 1.23 bits per heavy atom. The van der Waals surface area contributed by atoms with Crippen molar-refractivity contribution in [2.45, 2.75) is 58.2 Å². The summed E-state index contributed by atoms with van der Waals surface area (Å²) in [7, 11) is 0. The second-order valence-corrected chi connectivity index (χ2v) is 7.12. The summed E-state index contributed by atoms with van der Waals surface area (Å²) >= 11 is 0. The fraction of sp³-hybridized carbons (Fsp3) is 0.600. The van der Waals surface area contributed by atoms with Gasteiger partial charge in [-0.1, -0.05) is 57.0 Å². The first-order valence-electron chi connectivity index (χ1n) is 9.41. The van der Waals surface area contributed by atoms with Crippen molar-refractivity contribution in [2.24, 2.45) is 5.92 Å². The maximum absolute atomic E-state index is 13.0. The zero-order chi connectivity index (χ0) is 18.9. The number of nitrogens with one attached hydrogen (secondary N) is 1. The molecule has 0 spiro atoms. The van der Waals surface area contributed by atoms with Crippen molar-refractivity contribution in [2.75, 3.05) is 13.2 Å². The number of hydrogen-bond acceptors (Lipinski definition) is 4. The Kier molecular flexibility index (Phi) is 7.91. The summed E-state index contributed by atoms with van der Waals surface area (Å²) in [5.74, 6) is -0.216. The number of amides is 2. The van der Waals surface area contributed by atoms with Crippen molar-refractivity contribution in [1.29, 1.82) is 0 Å². The Morgan fingerprint density at radius 3 is 2.46 bits per heavy atom. The number of alkyl carbamates (subject to hydrolysis) is 1. The van der Waals surface area contributed by atoms with E-state index in [9.17, 15) is 14.7 Å². The summed E-state index contributed by atoms with van der Waals surface area (Å²) in [6.45, 7) is 4.17. The molecule has 2 amide bonds. The molecule has 0 radical (unpaired) electrons. The molecule has 0 unspecified atom stereocenters. The van der Waals surface area contributed by atoms with Gasteiger partial charge in [-0.2, -0.15) is 0 Å². The molecule has 0 saturated heterocycles. The van der Waals surface area contributed by atoms with Gasteiger partial charge in [0.1, 0.15) is 12.6 Å². The number of carbonyl (C=O) groups excluding carboxylic acids is 2. The van der Waals surface area contributed by atoms with Gasteiger partial charge in [-0.25, -0.2) is 4.79 Å². The number of aliphatic hydroxyl groups is 1. The van der Waals surface area contributed by atoms with Gasteiger partial charge in [0, 0.05) is 12.6 Å². The van der Waals surface area contributed by atoms with E-state index in [2.05, 4.69) is 5.32 Å². The van der Waals surface area contributed by atoms with E-state index in [1.54, 1.807) is 4.90 Å². The minimum atomic E-state index is -0.662. The van der Waals surface area contributed by atoms with Crippen molar-refractivity contribution in [3.8, 4) is 0 Å². The number of hydrogen-bond donors (Lipinski definition) is 2. The third-order valence-electron chi connectivity index (χ3n) is 4.81. The van der Waals surface area contributed by atoms with Crippen LogP contribution in [0.1, 0.15) is 45.1 Å². The zero-order valence-corrected chi connectivity index (χ0v) is 15.7. The number of nitrogens with zero attached hydrogens (tertiary/aromatic N) is 1. The van der Waals surface area contributed by atoms with Gasteiger partial charge >= 0.3 is 6.09 Å². The molecule has 1 fully saturated rings. The number of rotatable bonds is 8. The van der Waals surface area contributed by atoms with Crippen LogP contribution in [0.4, 0.5) is 4.79 Å². The molecule has 1 aromatic carbocycles. The predicted octanol–water partition coefficient (Wildman–Crippen LogP) is 2.70. The lowest BCUT2D eigenvalue weighted by atomic mass is 10.0. The molecule has 1 aromatic rings. The van der Waals surface area contributed by atoms with Crippen molar-refractivity contribution in [3.63, 3.8) is 0 Å². The van der Waals surface area contributed by atoms with E-state index >= 15 is 0 Å². The molecule has 2 rings (SSSR count). The van der Waals surface area contributed by atoms with E-state index in [0.29, 0.717) is 6.54 Å². The average Bonchev–Trinajstić information content (AvgIpc) is 3.17. The maximum Gasteiger partial charge on any atom is 0.408 e.